The second-order valence-corrected chi connectivity index (χ2v) is 10.4. The maximum absolute atomic E-state index is 9.79. The Kier molecular flexibility index (Phi) is 3.27. The molecule has 0 bridgehead atoms. The minimum absolute atomic E-state index is 0.344. The fraction of sp³-hybridized carbons (Fsp3) is 0.955. The summed E-state index contributed by atoms with van der Waals surface area (Å²) in [7, 11) is 1.90. The highest BCUT2D eigenvalue weighted by Crippen LogP contribution is 2.75. The second kappa shape index (κ2) is 5.00. The van der Waals surface area contributed by atoms with Crippen LogP contribution in [0.1, 0.15) is 65.2 Å². The lowest BCUT2D eigenvalue weighted by Crippen LogP contribution is -2.54. The van der Waals surface area contributed by atoms with Crippen LogP contribution in [0.2, 0.25) is 0 Å². The van der Waals surface area contributed by atoms with E-state index >= 15 is 0 Å². The third-order valence-corrected chi connectivity index (χ3v) is 9.88. The van der Waals surface area contributed by atoms with Gasteiger partial charge in [-0.25, -0.2) is 0 Å². The third kappa shape index (κ3) is 1.81. The summed E-state index contributed by atoms with van der Waals surface area (Å²) in [6.07, 6.45) is 11.4. The fourth-order valence-electron chi connectivity index (χ4n) is 8.64. The van der Waals surface area contributed by atoms with Gasteiger partial charge in [0.25, 0.3) is 0 Å². The van der Waals surface area contributed by atoms with Gasteiger partial charge in [-0.05, 0) is 97.7 Å². The molecule has 2 nitrogen and oxygen atoms in total. The highest BCUT2D eigenvalue weighted by Gasteiger charge is 2.70. The van der Waals surface area contributed by atoms with Gasteiger partial charge in [-0.1, -0.05) is 13.8 Å². The molecule has 5 rings (SSSR count). The Hall–Kier alpha value is -0.550. The van der Waals surface area contributed by atoms with Gasteiger partial charge in [-0.15, -0.1) is 0 Å². The van der Waals surface area contributed by atoms with Crippen molar-refractivity contribution >= 4 is 0 Å². The lowest BCUT2D eigenvalue weighted by atomic mass is 9.44. The number of fused-ring (bicyclic) bond motifs is 7. The van der Waals surface area contributed by atoms with Crippen molar-refractivity contribution in [3.8, 4) is 6.07 Å². The highest BCUT2D eigenvalue weighted by molar-refractivity contribution is 5.22. The first-order chi connectivity index (χ1) is 11.5. The fourth-order valence-corrected chi connectivity index (χ4v) is 8.64. The molecule has 0 aromatic carbocycles. The maximum Gasteiger partial charge on any atom is 0.0664 e. The number of nitrogens with zero attached hydrogens (tertiary/aromatic N) is 1. The summed E-state index contributed by atoms with van der Waals surface area (Å²) in [4.78, 5) is 0. The second-order valence-electron chi connectivity index (χ2n) is 10.4. The van der Waals surface area contributed by atoms with Crippen LogP contribution in [0.25, 0.3) is 0 Å². The van der Waals surface area contributed by atoms with Crippen LogP contribution in [0.15, 0.2) is 0 Å². The van der Waals surface area contributed by atoms with E-state index in [1.807, 2.05) is 7.11 Å². The minimum atomic E-state index is 0.344. The van der Waals surface area contributed by atoms with Crippen molar-refractivity contribution < 1.29 is 4.74 Å². The van der Waals surface area contributed by atoms with Gasteiger partial charge >= 0.3 is 0 Å². The molecule has 24 heavy (non-hydrogen) atoms. The zero-order valence-electron chi connectivity index (χ0n) is 15.6. The summed E-state index contributed by atoms with van der Waals surface area (Å²) in [5, 5.41) is 9.79. The quantitative estimate of drug-likeness (QED) is 0.676. The Morgan fingerprint density at radius 2 is 1.71 bits per heavy atom. The van der Waals surface area contributed by atoms with Gasteiger partial charge in [0.2, 0.25) is 0 Å². The largest absolute Gasteiger partial charge is 0.381 e. The molecule has 0 radical (unpaired) electrons. The average Bonchev–Trinajstić information content (AvgIpc) is 3.29. The Morgan fingerprint density at radius 1 is 0.917 bits per heavy atom. The average molecular weight is 328 g/mol. The molecule has 5 aliphatic carbocycles. The Bertz CT molecular complexity index is 581. The molecule has 0 spiro atoms. The molecule has 10 atom stereocenters. The summed E-state index contributed by atoms with van der Waals surface area (Å²) < 4.78 is 5.72. The zero-order chi connectivity index (χ0) is 16.7. The first-order valence-electron chi connectivity index (χ1n) is 10.5. The van der Waals surface area contributed by atoms with E-state index in [9.17, 15) is 5.26 Å². The van der Waals surface area contributed by atoms with Crippen molar-refractivity contribution in [2.45, 2.75) is 71.3 Å². The van der Waals surface area contributed by atoms with Gasteiger partial charge in [0.05, 0.1) is 18.1 Å². The predicted octanol–water partition coefficient (Wildman–Crippen LogP) is 5.04. The SMILES string of the molecule is COC1CC[C@@]2(C)C(CC[C@H]3[C@@H]4[C@@H]5C[C@@H]5[C@H](C#N)[C@@]4(C)CC[C@@H]32)C1. The number of ether oxygens (including phenoxy) is 1. The molecule has 0 aromatic heterocycles. The molecule has 5 aliphatic rings. The van der Waals surface area contributed by atoms with Crippen molar-refractivity contribution in [2.75, 3.05) is 7.11 Å². The highest BCUT2D eigenvalue weighted by atomic mass is 16.5. The number of methoxy groups -OCH3 is 1. The van der Waals surface area contributed by atoms with E-state index in [0.29, 0.717) is 22.9 Å². The van der Waals surface area contributed by atoms with Crippen LogP contribution in [0.3, 0.4) is 0 Å². The van der Waals surface area contributed by atoms with Crippen LogP contribution < -0.4 is 0 Å². The van der Waals surface area contributed by atoms with E-state index in [0.717, 1.165) is 35.5 Å². The first-order valence-corrected chi connectivity index (χ1v) is 10.5. The number of hydrogen-bond donors (Lipinski definition) is 0. The molecular weight excluding hydrogens is 294 g/mol. The molecule has 0 aromatic rings. The molecule has 132 valence electrons. The molecular formula is C22H33NO. The smallest absolute Gasteiger partial charge is 0.0664 e. The lowest BCUT2D eigenvalue weighted by Gasteiger charge is -2.61. The van der Waals surface area contributed by atoms with E-state index in [1.165, 1.54) is 51.4 Å². The van der Waals surface area contributed by atoms with Crippen LogP contribution in [-0.4, -0.2) is 13.2 Å². The van der Waals surface area contributed by atoms with Crippen molar-refractivity contribution in [3.63, 3.8) is 0 Å². The molecule has 0 saturated heterocycles. The van der Waals surface area contributed by atoms with Gasteiger partial charge in [0.15, 0.2) is 0 Å². The van der Waals surface area contributed by atoms with Crippen LogP contribution in [-0.2, 0) is 4.74 Å². The monoisotopic (exact) mass is 327 g/mol. The summed E-state index contributed by atoms with van der Waals surface area (Å²) >= 11 is 0. The Morgan fingerprint density at radius 3 is 2.46 bits per heavy atom. The lowest BCUT2D eigenvalue weighted by molar-refractivity contribution is -0.134. The Balaban J connectivity index is 1.45. The summed E-state index contributed by atoms with van der Waals surface area (Å²) in [5.74, 6) is 5.61. The van der Waals surface area contributed by atoms with Gasteiger partial charge in [-0.3, -0.25) is 0 Å². The summed E-state index contributed by atoms with van der Waals surface area (Å²) in [5.41, 5.74) is 0.894. The van der Waals surface area contributed by atoms with Crippen molar-refractivity contribution in [1.82, 2.24) is 0 Å². The van der Waals surface area contributed by atoms with Gasteiger partial charge in [-0.2, -0.15) is 5.26 Å². The molecule has 0 heterocycles. The van der Waals surface area contributed by atoms with Crippen LogP contribution >= 0.6 is 0 Å². The Labute approximate surface area is 147 Å². The summed E-state index contributed by atoms with van der Waals surface area (Å²) in [6.45, 7) is 5.12. The zero-order valence-corrected chi connectivity index (χ0v) is 15.6. The van der Waals surface area contributed by atoms with E-state index in [1.54, 1.807) is 0 Å². The van der Waals surface area contributed by atoms with Crippen molar-refractivity contribution in [3.05, 3.63) is 0 Å². The molecule has 0 amide bonds. The number of rotatable bonds is 1. The van der Waals surface area contributed by atoms with Crippen LogP contribution in [0.4, 0.5) is 0 Å². The van der Waals surface area contributed by atoms with E-state index in [4.69, 9.17) is 4.74 Å². The van der Waals surface area contributed by atoms with Crippen molar-refractivity contribution in [2.24, 2.45) is 52.3 Å². The molecule has 5 saturated carbocycles. The third-order valence-electron chi connectivity index (χ3n) is 9.88. The van der Waals surface area contributed by atoms with Gasteiger partial charge in [0, 0.05) is 7.11 Å². The molecule has 0 N–H and O–H groups in total. The van der Waals surface area contributed by atoms with Crippen molar-refractivity contribution in [1.29, 1.82) is 5.26 Å². The summed E-state index contributed by atoms with van der Waals surface area (Å²) in [6, 6.07) is 2.75. The molecule has 2 unspecified atom stereocenters. The van der Waals surface area contributed by atoms with Gasteiger partial charge < -0.3 is 4.74 Å². The normalized spacial score (nSPS) is 61.1. The standard InChI is InChI=1S/C22H33NO/c1-21-8-6-14(24-3)10-13(21)4-5-15-18(21)7-9-22(2)19(12-23)16-11-17(16)20(15)22/h13-20H,4-11H2,1-3H3/t13?,14?,15-,16+,17-,18+,19+,20-,21+,22-/m1/s1. The predicted molar refractivity (Wildman–Crippen MR) is 94.0 cm³/mol. The first kappa shape index (κ1) is 15.7. The van der Waals surface area contributed by atoms with Crippen LogP contribution in [0.5, 0.6) is 0 Å². The number of hydrogen-bond acceptors (Lipinski definition) is 2. The van der Waals surface area contributed by atoms with E-state index in [2.05, 4.69) is 19.9 Å². The van der Waals surface area contributed by atoms with Crippen LogP contribution in [0, 0.1) is 63.6 Å². The molecule has 5 fully saturated rings. The number of nitriles is 1. The van der Waals surface area contributed by atoms with E-state index in [-0.39, 0.29) is 0 Å². The minimum Gasteiger partial charge on any atom is -0.381 e. The molecule has 2 heteroatoms. The topological polar surface area (TPSA) is 33.0 Å². The molecule has 0 aliphatic heterocycles. The maximum atomic E-state index is 9.79. The van der Waals surface area contributed by atoms with E-state index < -0.39 is 0 Å². The van der Waals surface area contributed by atoms with Gasteiger partial charge in [0.1, 0.15) is 0 Å².